The van der Waals surface area contributed by atoms with Gasteiger partial charge in [-0.3, -0.25) is 4.79 Å². The van der Waals surface area contributed by atoms with Crippen LogP contribution in [0.5, 0.6) is 5.75 Å². The molecule has 0 saturated heterocycles. The number of aliphatic hydroxyl groups excluding tert-OH is 1. The van der Waals surface area contributed by atoms with Gasteiger partial charge in [0.1, 0.15) is 12.4 Å². The Morgan fingerprint density at radius 3 is 2.71 bits per heavy atom. The number of benzene rings is 2. The summed E-state index contributed by atoms with van der Waals surface area (Å²) in [5.41, 5.74) is 2.01. The predicted molar refractivity (Wildman–Crippen MR) is 90.6 cm³/mol. The molecule has 0 aliphatic heterocycles. The molecule has 124 valence electrons. The van der Waals surface area contributed by atoms with Crippen molar-refractivity contribution < 1.29 is 14.6 Å². The number of ether oxygens (including phenoxy) is 1. The maximum Gasteiger partial charge on any atom is 0.251 e. The van der Waals surface area contributed by atoms with Crippen molar-refractivity contribution in [2.45, 2.75) is 26.0 Å². The molecular weight excluding hydrogens is 304 g/mol. The van der Waals surface area contributed by atoms with E-state index in [9.17, 15) is 4.79 Å². The molecule has 0 radical (unpaired) electrons. The Kier molecular flexibility index (Phi) is 6.35. The maximum atomic E-state index is 12.2. The molecule has 5 heteroatoms. The molecule has 0 saturated carbocycles. The van der Waals surface area contributed by atoms with Gasteiger partial charge in [-0.1, -0.05) is 12.1 Å². The normalized spacial score (nSPS) is 11.4. The second-order valence-electron chi connectivity index (χ2n) is 5.51. The van der Waals surface area contributed by atoms with E-state index < -0.39 is 0 Å². The van der Waals surface area contributed by atoms with Crippen molar-refractivity contribution in [2.75, 3.05) is 6.61 Å². The standard InChI is InChI=1S/C19H20N2O3/c1-14(9-10-22)21-19(23)17-4-2-3-16(11-17)13-24-18-7-5-15(12-20)6-8-18/h2-8,11,14,22H,9-10,13H2,1H3,(H,21,23). The Hall–Kier alpha value is -2.84. The molecule has 1 amide bonds. The molecule has 24 heavy (non-hydrogen) atoms. The highest BCUT2D eigenvalue weighted by atomic mass is 16.5. The van der Waals surface area contributed by atoms with Crippen LogP contribution in [0.15, 0.2) is 48.5 Å². The van der Waals surface area contributed by atoms with Gasteiger partial charge in [0.2, 0.25) is 0 Å². The largest absolute Gasteiger partial charge is 0.489 e. The van der Waals surface area contributed by atoms with Crippen molar-refractivity contribution in [3.8, 4) is 11.8 Å². The van der Waals surface area contributed by atoms with Crippen LogP contribution in [0.2, 0.25) is 0 Å². The summed E-state index contributed by atoms with van der Waals surface area (Å²) in [5.74, 6) is 0.497. The van der Waals surface area contributed by atoms with E-state index in [0.717, 1.165) is 5.56 Å². The molecular formula is C19H20N2O3. The lowest BCUT2D eigenvalue weighted by Crippen LogP contribution is -2.33. The highest BCUT2D eigenvalue weighted by Crippen LogP contribution is 2.14. The first-order chi connectivity index (χ1) is 11.6. The van der Waals surface area contributed by atoms with Crippen molar-refractivity contribution in [3.63, 3.8) is 0 Å². The summed E-state index contributed by atoms with van der Waals surface area (Å²) < 4.78 is 5.67. The Balaban J connectivity index is 1.96. The Morgan fingerprint density at radius 1 is 1.29 bits per heavy atom. The second-order valence-corrected chi connectivity index (χ2v) is 5.51. The topological polar surface area (TPSA) is 82.3 Å². The fourth-order valence-electron chi connectivity index (χ4n) is 2.17. The Bertz CT molecular complexity index is 720. The van der Waals surface area contributed by atoms with E-state index in [1.807, 2.05) is 19.1 Å². The summed E-state index contributed by atoms with van der Waals surface area (Å²) >= 11 is 0. The van der Waals surface area contributed by atoms with Gasteiger partial charge in [0.15, 0.2) is 0 Å². The average molecular weight is 324 g/mol. The number of carbonyl (C=O) groups is 1. The molecule has 5 nitrogen and oxygen atoms in total. The molecule has 0 bridgehead atoms. The molecule has 2 aromatic carbocycles. The van der Waals surface area contributed by atoms with Gasteiger partial charge in [-0.2, -0.15) is 5.26 Å². The Labute approximate surface area is 141 Å². The van der Waals surface area contributed by atoms with Crippen LogP contribution < -0.4 is 10.1 Å². The zero-order chi connectivity index (χ0) is 17.4. The Morgan fingerprint density at radius 2 is 2.04 bits per heavy atom. The van der Waals surface area contributed by atoms with Gasteiger partial charge in [-0.15, -0.1) is 0 Å². The third-order valence-corrected chi connectivity index (χ3v) is 3.52. The first kappa shape index (κ1) is 17.5. The van der Waals surface area contributed by atoms with E-state index in [1.54, 1.807) is 36.4 Å². The number of hydrogen-bond donors (Lipinski definition) is 2. The van der Waals surface area contributed by atoms with Gasteiger partial charge < -0.3 is 15.2 Å². The molecule has 0 spiro atoms. The molecule has 0 aromatic heterocycles. The molecule has 2 N–H and O–H groups in total. The van der Waals surface area contributed by atoms with Crippen molar-refractivity contribution >= 4 is 5.91 Å². The molecule has 1 unspecified atom stereocenters. The van der Waals surface area contributed by atoms with Crippen LogP contribution in [0.4, 0.5) is 0 Å². The summed E-state index contributed by atoms with van der Waals surface area (Å²) in [5, 5.41) is 20.5. The van der Waals surface area contributed by atoms with Crippen molar-refractivity contribution in [2.24, 2.45) is 0 Å². The summed E-state index contributed by atoms with van der Waals surface area (Å²) in [7, 11) is 0. The first-order valence-electron chi connectivity index (χ1n) is 7.76. The molecule has 0 aliphatic rings. The van der Waals surface area contributed by atoms with Crippen molar-refractivity contribution in [1.82, 2.24) is 5.32 Å². The molecule has 2 rings (SSSR count). The quantitative estimate of drug-likeness (QED) is 0.820. The number of aliphatic hydroxyl groups is 1. The van der Waals surface area contributed by atoms with Gasteiger partial charge in [-0.25, -0.2) is 0 Å². The highest BCUT2D eigenvalue weighted by Gasteiger charge is 2.10. The van der Waals surface area contributed by atoms with Crippen LogP contribution in [0.3, 0.4) is 0 Å². The monoisotopic (exact) mass is 324 g/mol. The summed E-state index contributed by atoms with van der Waals surface area (Å²) in [6, 6.07) is 16.1. The van der Waals surface area contributed by atoms with Gasteiger partial charge in [0.05, 0.1) is 11.6 Å². The van der Waals surface area contributed by atoms with Crippen LogP contribution in [0, 0.1) is 11.3 Å². The summed E-state index contributed by atoms with van der Waals surface area (Å²) in [6.45, 7) is 2.23. The van der Waals surface area contributed by atoms with Crippen LogP contribution >= 0.6 is 0 Å². The van der Waals surface area contributed by atoms with E-state index in [0.29, 0.717) is 29.9 Å². The summed E-state index contributed by atoms with van der Waals surface area (Å²) in [6.07, 6.45) is 0.521. The average Bonchev–Trinajstić information content (AvgIpc) is 2.61. The van der Waals surface area contributed by atoms with Gasteiger partial charge in [-0.05, 0) is 55.3 Å². The number of rotatable bonds is 7. The number of nitrogens with zero attached hydrogens (tertiary/aromatic N) is 1. The fraction of sp³-hybridized carbons (Fsp3) is 0.263. The van der Waals surface area contributed by atoms with Gasteiger partial charge in [0, 0.05) is 18.2 Å². The molecule has 0 heterocycles. The van der Waals surface area contributed by atoms with E-state index in [4.69, 9.17) is 15.1 Å². The highest BCUT2D eigenvalue weighted by molar-refractivity contribution is 5.94. The number of carbonyl (C=O) groups excluding carboxylic acids is 1. The molecule has 0 aliphatic carbocycles. The molecule has 2 aromatic rings. The lowest BCUT2D eigenvalue weighted by atomic mass is 10.1. The van der Waals surface area contributed by atoms with E-state index >= 15 is 0 Å². The van der Waals surface area contributed by atoms with Gasteiger partial charge >= 0.3 is 0 Å². The van der Waals surface area contributed by atoms with Crippen molar-refractivity contribution in [1.29, 1.82) is 5.26 Å². The SMILES string of the molecule is CC(CCO)NC(=O)c1cccc(COc2ccc(C#N)cc2)c1. The van der Waals surface area contributed by atoms with E-state index in [-0.39, 0.29) is 18.6 Å². The van der Waals surface area contributed by atoms with Crippen LogP contribution in [-0.4, -0.2) is 23.7 Å². The van der Waals surface area contributed by atoms with E-state index in [1.165, 1.54) is 0 Å². The minimum absolute atomic E-state index is 0.0416. The minimum atomic E-state index is -0.170. The lowest BCUT2D eigenvalue weighted by Gasteiger charge is -2.13. The predicted octanol–water partition coefficient (Wildman–Crippen LogP) is 2.64. The van der Waals surface area contributed by atoms with E-state index in [2.05, 4.69) is 11.4 Å². The van der Waals surface area contributed by atoms with Crippen LogP contribution in [0.1, 0.15) is 34.8 Å². The molecule has 1 atom stereocenters. The zero-order valence-corrected chi connectivity index (χ0v) is 13.5. The zero-order valence-electron chi connectivity index (χ0n) is 13.5. The molecule has 0 fully saturated rings. The number of nitriles is 1. The number of amides is 1. The van der Waals surface area contributed by atoms with Crippen LogP contribution in [-0.2, 0) is 6.61 Å². The van der Waals surface area contributed by atoms with Crippen LogP contribution in [0.25, 0.3) is 0 Å². The van der Waals surface area contributed by atoms with Gasteiger partial charge in [0.25, 0.3) is 5.91 Å². The smallest absolute Gasteiger partial charge is 0.251 e. The fourth-order valence-corrected chi connectivity index (χ4v) is 2.17. The first-order valence-corrected chi connectivity index (χ1v) is 7.76. The minimum Gasteiger partial charge on any atom is -0.489 e. The number of nitrogens with one attached hydrogen (secondary N) is 1. The lowest BCUT2D eigenvalue weighted by molar-refractivity contribution is 0.0934. The third kappa shape index (κ3) is 5.11. The third-order valence-electron chi connectivity index (χ3n) is 3.52. The summed E-state index contributed by atoms with van der Waals surface area (Å²) in [4.78, 5) is 12.2. The number of hydrogen-bond acceptors (Lipinski definition) is 4. The maximum absolute atomic E-state index is 12.2. The second kappa shape index (κ2) is 8.70. The van der Waals surface area contributed by atoms with Crippen molar-refractivity contribution in [3.05, 3.63) is 65.2 Å².